The Hall–Kier alpha value is -3.64. The lowest BCUT2D eigenvalue weighted by molar-refractivity contribution is 0.0372. The third-order valence-corrected chi connectivity index (χ3v) is 6.46. The average molecular weight is 428 g/mol. The zero-order valence-corrected chi connectivity index (χ0v) is 17.7. The molecule has 3 aromatic rings. The molecule has 162 valence electrons. The molecule has 1 unspecified atom stereocenters. The first kappa shape index (κ1) is 20.3. The third-order valence-electron chi connectivity index (χ3n) is 6.46. The van der Waals surface area contributed by atoms with Crippen molar-refractivity contribution in [1.29, 1.82) is 0 Å². The molecule has 0 aliphatic carbocycles. The predicted octanol–water partition coefficient (Wildman–Crippen LogP) is 3.37. The summed E-state index contributed by atoms with van der Waals surface area (Å²) in [5, 5.41) is 0. The molecule has 1 atom stereocenters. The van der Waals surface area contributed by atoms with Crippen molar-refractivity contribution in [2.75, 3.05) is 19.6 Å². The van der Waals surface area contributed by atoms with Gasteiger partial charge in [-0.25, -0.2) is 4.79 Å². The Morgan fingerprint density at radius 3 is 2.06 bits per heavy atom. The molecule has 0 bridgehead atoms. The van der Waals surface area contributed by atoms with E-state index in [2.05, 4.69) is 0 Å². The molecular formula is C26H25N3O3. The first-order valence-corrected chi connectivity index (χ1v) is 10.8. The van der Waals surface area contributed by atoms with Gasteiger partial charge < -0.3 is 15.4 Å². The summed E-state index contributed by atoms with van der Waals surface area (Å²) in [5.74, 6) is -0.0532. The van der Waals surface area contributed by atoms with Crippen molar-refractivity contribution in [2.24, 2.45) is 5.73 Å². The second-order valence-electron chi connectivity index (χ2n) is 8.20. The standard InChI is InChI=1S/C26H25N3O3/c27-17-19-11-13-20(14-12-19)24(30)28-15-16-29-23(18-28)26(32-25(29)31,21-7-3-1-4-8-21)22-9-5-2-6-10-22/h1-14,23H,15-18,27H2. The van der Waals surface area contributed by atoms with Crippen LogP contribution in [0, 0.1) is 0 Å². The first-order chi connectivity index (χ1) is 15.6. The van der Waals surface area contributed by atoms with Crippen LogP contribution in [0.1, 0.15) is 27.0 Å². The van der Waals surface area contributed by atoms with Crippen LogP contribution in [0.4, 0.5) is 4.79 Å². The summed E-state index contributed by atoms with van der Waals surface area (Å²) in [5.41, 5.74) is 8.09. The highest BCUT2D eigenvalue weighted by atomic mass is 16.6. The quantitative estimate of drug-likeness (QED) is 0.693. The minimum absolute atomic E-state index is 0.0532. The van der Waals surface area contributed by atoms with Gasteiger partial charge in [-0.3, -0.25) is 9.69 Å². The van der Waals surface area contributed by atoms with E-state index < -0.39 is 5.60 Å². The minimum atomic E-state index is -0.984. The van der Waals surface area contributed by atoms with E-state index in [1.807, 2.05) is 89.8 Å². The lowest BCUT2D eigenvalue weighted by atomic mass is 9.79. The van der Waals surface area contributed by atoms with Gasteiger partial charge in [-0.2, -0.15) is 0 Å². The lowest BCUT2D eigenvalue weighted by Gasteiger charge is -2.42. The summed E-state index contributed by atoms with van der Waals surface area (Å²) in [7, 11) is 0. The molecule has 3 aromatic carbocycles. The fraction of sp³-hybridized carbons (Fsp3) is 0.231. The Bertz CT molecular complexity index is 1080. The van der Waals surface area contributed by atoms with Crippen LogP contribution in [0.2, 0.25) is 0 Å². The van der Waals surface area contributed by atoms with Crippen molar-refractivity contribution in [3.05, 3.63) is 107 Å². The normalized spacial score (nSPS) is 19.4. The molecular weight excluding hydrogens is 402 g/mol. The molecule has 2 aliphatic rings. The van der Waals surface area contributed by atoms with Gasteiger partial charge in [0, 0.05) is 42.9 Å². The number of ether oxygens (including phenoxy) is 1. The largest absolute Gasteiger partial charge is 0.431 e. The number of nitrogens with two attached hydrogens (primary N) is 1. The summed E-state index contributed by atoms with van der Waals surface area (Å²) >= 11 is 0. The Morgan fingerprint density at radius 1 is 0.906 bits per heavy atom. The summed E-state index contributed by atoms with van der Waals surface area (Å²) in [6, 6.07) is 26.7. The number of nitrogens with zero attached hydrogens (tertiary/aromatic N) is 2. The van der Waals surface area contributed by atoms with Gasteiger partial charge in [0.05, 0.1) is 0 Å². The van der Waals surface area contributed by atoms with Gasteiger partial charge in [-0.15, -0.1) is 0 Å². The van der Waals surface area contributed by atoms with Crippen molar-refractivity contribution < 1.29 is 14.3 Å². The van der Waals surface area contributed by atoms with Crippen LogP contribution < -0.4 is 5.73 Å². The highest BCUT2D eigenvalue weighted by molar-refractivity contribution is 5.94. The molecule has 0 saturated carbocycles. The smallest absolute Gasteiger partial charge is 0.411 e. The molecule has 2 heterocycles. The molecule has 0 aromatic heterocycles. The number of hydrogen-bond acceptors (Lipinski definition) is 4. The van der Waals surface area contributed by atoms with Crippen molar-refractivity contribution >= 4 is 12.0 Å². The lowest BCUT2D eigenvalue weighted by Crippen LogP contribution is -2.58. The third kappa shape index (κ3) is 3.24. The minimum Gasteiger partial charge on any atom is -0.431 e. The summed E-state index contributed by atoms with van der Waals surface area (Å²) < 4.78 is 6.17. The van der Waals surface area contributed by atoms with Crippen LogP contribution >= 0.6 is 0 Å². The second kappa shape index (κ2) is 8.13. The number of benzene rings is 3. The number of cyclic esters (lactones) is 1. The Labute approximate surface area is 187 Å². The Kier molecular flexibility index (Phi) is 5.15. The second-order valence-corrected chi connectivity index (χ2v) is 8.20. The molecule has 2 amide bonds. The van der Waals surface area contributed by atoms with Crippen LogP contribution in [0.15, 0.2) is 84.9 Å². The van der Waals surface area contributed by atoms with Crippen LogP contribution in [-0.2, 0) is 16.9 Å². The van der Waals surface area contributed by atoms with Crippen LogP contribution in [0.5, 0.6) is 0 Å². The van der Waals surface area contributed by atoms with Crippen molar-refractivity contribution in [2.45, 2.75) is 18.2 Å². The number of carbonyl (C=O) groups is 2. The molecule has 6 nitrogen and oxygen atoms in total. The van der Waals surface area contributed by atoms with E-state index in [-0.39, 0.29) is 18.0 Å². The monoisotopic (exact) mass is 427 g/mol. The van der Waals surface area contributed by atoms with E-state index in [1.165, 1.54) is 0 Å². The van der Waals surface area contributed by atoms with E-state index in [4.69, 9.17) is 10.5 Å². The van der Waals surface area contributed by atoms with Gasteiger partial charge in [0.25, 0.3) is 5.91 Å². The van der Waals surface area contributed by atoms with Gasteiger partial charge in [0.15, 0.2) is 5.60 Å². The average Bonchev–Trinajstić information content (AvgIpc) is 3.17. The SMILES string of the molecule is NCc1ccc(C(=O)N2CCN3C(=O)OC(c4ccccc4)(c4ccccc4)C3C2)cc1. The van der Waals surface area contributed by atoms with Gasteiger partial charge in [0.1, 0.15) is 6.04 Å². The fourth-order valence-corrected chi connectivity index (χ4v) is 4.81. The number of rotatable bonds is 4. The molecule has 2 fully saturated rings. The summed E-state index contributed by atoms with van der Waals surface area (Å²) in [6.07, 6.45) is -0.345. The van der Waals surface area contributed by atoms with Gasteiger partial charge in [-0.05, 0) is 17.7 Å². The number of piperazine rings is 1. The van der Waals surface area contributed by atoms with Gasteiger partial charge >= 0.3 is 6.09 Å². The maximum atomic E-state index is 13.3. The number of amides is 2. The number of fused-ring (bicyclic) bond motifs is 1. The van der Waals surface area contributed by atoms with E-state index in [0.717, 1.165) is 16.7 Å². The van der Waals surface area contributed by atoms with Gasteiger partial charge in [-0.1, -0.05) is 72.8 Å². The zero-order valence-electron chi connectivity index (χ0n) is 17.7. The maximum Gasteiger partial charge on any atom is 0.411 e. The molecule has 2 saturated heterocycles. The number of carbonyl (C=O) groups excluding carboxylic acids is 2. The van der Waals surface area contributed by atoms with E-state index in [0.29, 0.717) is 31.7 Å². The Morgan fingerprint density at radius 2 is 1.50 bits per heavy atom. The molecule has 2 N–H and O–H groups in total. The van der Waals surface area contributed by atoms with E-state index >= 15 is 0 Å². The van der Waals surface area contributed by atoms with Crippen LogP contribution in [-0.4, -0.2) is 47.5 Å². The van der Waals surface area contributed by atoms with E-state index in [1.54, 1.807) is 4.90 Å². The molecule has 5 rings (SSSR count). The first-order valence-electron chi connectivity index (χ1n) is 10.8. The van der Waals surface area contributed by atoms with Crippen LogP contribution in [0.3, 0.4) is 0 Å². The molecule has 32 heavy (non-hydrogen) atoms. The molecule has 0 spiro atoms. The highest BCUT2D eigenvalue weighted by Gasteiger charge is 2.58. The maximum absolute atomic E-state index is 13.3. The summed E-state index contributed by atoms with van der Waals surface area (Å²) in [4.78, 5) is 29.9. The highest BCUT2D eigenvalue weighted by Crippen LogP contribution is 2.45. The van der Waals surface area contributed by atoms with Crippen molar-refractivity contribution in [1.82, 2.24) is 9.80 Å². The van der Waals surface area contributed by atoms with Crippen molar-refractivity contribution in [3.8, 4) is 0 Å². The predicted molar refractivity (Wildman–Crippen MR) is 121 cm³/mol. The van der Waals surface area contributed by atoms with Crippen molar-refractivity contribution in [3.63, 3.8) is 0 Å². The summed E-state index contributed by atoms with van der Waals surface area (Å²) in [6.45, 7) is 1.71. The zero-order chi connectivity index (χ0) is 22.1. The molecule has 0 radical (unpaired) electrons. The number of hydrogen-bond donors (Lipinski definition) is 1. The van der Waals surface area contributed by atoms with E-state index in [9.17, 15) is 9.59 Å². The fourth-order valence-electron chi connectivity index (χ4n) is 4.81. The van der Waals surface area contributed by atoms with Gasteiger partial charge in [0.2, 0.25) is 0 Å². The Balaban J connectivity index is 1.54. The topological polar surface area (TPSA) is 75.9 Å². The molecule has 2 aliphatic heterocycles. The molecule has 6 heteroatoms. The van der Waals surface area contributed by atoms with Crippen LogP contribution in [0.25, 0.3) is 0 Å².